The van der Waals surface area contributed by atoms with Crippen LogP contribution < -0.4 is 5.32 Å². The Balaban J connectivity index is 1.37. The first-order valence-corrected chi connectivity index (χ1v) is 16.4. The third-order valence-electron chi connectivity index (χ3n) is 8.75. The molecule has 10 heteroatoms. The fourth-order valence-electron chi connectivity index (χ4n) is 7.18. The zero-order valence-electron chi connectivity index (χ0n) is 24.7. The van der Waals surface area contributed by atoms with Crippen molar-refractivity contribution in [3.8, 4) is 0 Å². The van der Waals surface area contributed by atoms with Gasteiger partial charge in [0.2, 0.25) is 10.0 Å². The van der Waals surface area contributed by atoms with Crippen molar-refractivity contribution in [1.29, 1.82) is 0 Å². The summed E-state index contributed by atoms with van der Waals surface area (Å²) in [6.07, 6.45) is 3.52. The molecule has 2 atom stereocenters. The van der Waals surface area contributed by atoms with E-state index in [1.54, 1.807) is 35.4 Å². The maximum atomic E-state index is 13.7. The molecule has 1 aromatic carbocycles. The summed E-state index contributed by atoms with van der Waals surface area (Å²) < 4.78 is 29.0. The van der Waals surface area contributed by atoms with Crippen LogP contribution in [0.4, 0.5) is 5.00 Å². The average molecular weight is 587 g/mol. The van der Waals surface area contributed by atoms with Crippen molar-refractivity contribution >= 4 is 38.2 Å². The van der Waals surface area contributed by atoms with E-state index in [1.165, 1.54) is 23.5 Å². The minimum absolute atomic E-state index is 0.00543. The largest absolute Gasteiger partial charge is 0.345 e. The van der Waals surface area contributed by atoms with Gasteiger partial charge >= 0.3 is 0 Å². The lowest BCUT2D eigenvalue weighted by atomic mass is 9.65. The van der Waals surface area contributed by atoms with Crippen LogP contribution in [0.15, 0.2) is 29.2 Å². The van der Waals surface area contributed by atoms with Crippen molar-refractivity contribution in [1.82, 2.24) is 14.1 Å². The van der Waals surface area contributed by atoms with Crippen molar-refractivity contribution in [2.45, 2.75) is 83.8 Å². The van der Waals surface area contributed by atoms with Crippen molar-refractivity contribution in [3.63, 3.8) is 0 Å². The molecule has 2 aromatic rings. The lowest BCUT2D eigenvalue weighted by Crippen LogP contribution is -2.37. The molecule has 1 aliphatic carbocycles. The summed E-state index contributed by atoms with van der Waals surface area (Å²) in [6.45, 7) is 13.1. The molecule has 2 bridgehead atoms. The summed E-state index contributed by atoms with van der Waals surface area (Å²) in [5.74, 6) is -0.484. The minimum atomic E-state index is -3.68. The first kappa shape index (κ1) is 29.2. The lowest BCUT2D eigenvalue weighted by molar-refractivity contribution is 0.0827. The molecule has 2 fully saturated rings. The van der Waals surface area contributed by atoms with Crippen LogP contribution in [-0.2, 0) is 23.0 Å². The number of carbonyl (C=O) groups is 2. The van der Waals surface area contributed by atoms with Gasteiger partial charge in [0.25, 0.3) is 11.8 Å². The highest BCUT2D eigenvalue weighted by Gasteiger charge is 2.53. The predicted octanol–water partition coefficient (Wildman–Crippen LogP) is 5.06. The molecule has 1 aromatic heterocycles. The number of thiophene rings is 1. The Morgan fingerprint density at radius 1 is 1.10 bits per heavy atom. The van der Waals surface area contributed by atoms with Crippen LogP contribution in [0.2, 0.25) is 0 Å². The van der Waals surface area contributed by atoms with Crippen LogP contribution in [0.25, 0.3) is 0 Å². The second kappa shape index (κ2) is 10.2. The summed E-state index contributed by atoms with van der Waals surface area (Å²) in [5.41, 5.74) is 2.05. The summed E-state index contributed by atoms with van der Waals surface area (Å²) in [6, 6.07) is 6.60. The average Bonchev–Trinajstić information content (AvgIpc) is 3.35. The molecule has 2 aliphatic heterocycles. The normalized spacial score (nSPS) is 24.6. The highest BCUT2D eigenvalue weighted by Crippen LogP contribution is 2.53. The first-order valence-electron chi connectivity index (χ1n) is 14.1. The molecule has 0 radical (unpaired) electrons. The van der Waals surface area contributed by atoms with Gasteiger partial charge in [-0.25, -0.2) is 8.42 Å². The third-order valence-corrected chi connectivity index (χ3v) is 11.8. The van der Waals surface area contributed by atoms with Gasteiger partial charge in [-0.2, -0.15) is 4.31 Å². The van der Waals surface area contributed by atoms with Gasteiger partial charge in [0.05, 0.1) is 10.5 Å². The first-order chi connectivity index (χ1) is 18.6. The number of fused-ring (bicyclic) bond motifs is 3. The van der Waals surface area contributed by atoms with Gasteiger partial charge in [-0.3, -0.25) is 14.5 Å². The highest BCUT2D eigenvalue weighted by atomic mass is 32.2. The number of hydrogen-bond acceptors (Lipinski definition) is 6. The molecule has 2 amide bonds. The number of sulfonamides is 1. The molecule has 218 valence electrons. The second-order valence-corrected chi connectivity index (χ2v) is 16.5. The van der Waals surface area contributed by atoms with E-state index in [-0.39, 0.29) is 33.6 Å². The number of hydrogen-bond donors (Lipinski definition) is 1. The highest BCUT2D eigenvalue weighted by molar-refractivity contribution is 7.89. The Morgan fingerprint density at radius 2 is 1.77 bits per heavy atom. The van der Waals surface area contributed by atoms with Gasteiger partial charge in [-0.1, -0.05) is 20.8 Å². The summed E-state index contributed by atoms with van der Waals surface area (Å²) in [4.78, 5) is 31.7. The summed E-state index contributed by atoms with van der Waals surface area (Å²) in [5, 5.41) is 3.53. The molecule has 3 heterocycles. The van der Waals surface area contributed by atoms with Gasteiger partial charge in [-0.05, 0) is 80.2 Å². The molecule has 1 saturated carbocycles. The molecule has 8 nitrogen and oxygen atoms in total. The second-order valence-electron chi connectivity index (χ2n) is 13.5. The Bertz CT molecular complexity index is 1430. The molecule has 1 N–H and O–H groups in total. The maximum Gasteiger partial charge on any atom is 0.256 e. The molecule has 40 heavy (non-hydrogen) atoms. The number of amides is 2. The zero-order valence-corrected chi connectivity index (χ0v) is 26.3. The SMILES string of the molecule is CC(C)N1CCc2c(sc(NC(=O)c3ccc(S(=O)(=O)N4CC5(C)CC4CC(C)(C)C5)cc3)c2C(=O)N(C)C)C1. The van der Waals surface area contributed by atoms with Crippen molar-refractivity contribution < 1.29 is 18.0 Å². The quantitative estimate of drug-likeness (QED) is 0.511. The van der Waals surface area contributed by atoms with E-state index in [1.807, 2.05) is 0 Å². The minimum Gasteiger partial charge on any atom is -0.345 e. The van der Waals surface area contributed by atoms with Crippen LogP contribution in [-0.4, -0.2) is 73.6 Å². The van der Waals surface area contributed by atoms with Crippen LogP contribution in [0, 0.1) is 10.8 Å². The van der Waals surface area contributed by atoms with E-state index in [2.05, 4.69) is 44.8 Å². The number of rotatable bonds is 6. The van der Waals surface area contributed by atoms with E-state index in [9.17, 15) is 18.0 Å². The standard InChI is InChI=1S/C30H42N4O4S2/c1-19(2)33-13-12-23-24(16-33)39-27(25(23)28(36)32(6)7)31-26(35)20-8-10-22(11-9-20)40(37,38)34-18-30(5)15-21(34)14-29(3,4)17-30/h8-11,19,21H,12-18H2,1-7H3,(H,31,35). The molecule has 3 aliphatic rings. The molecule has 0 spiro atoms. The van der Waals surface area contributed by atoms with Crippen LogP contribution in [0.3, 0.4) is 0 Å². The molecule has 5 rings (SSSR count). The Kier molecular flexibility index (Phi) is 7.47. The lowest BCUT2D eigenvalue weighted by Gasteiger charge is -2.39. The molecule has 1 saturated heterocycles. The number of anilines is 1. The van der Waals surface area contributed by atoms with Crippen LogP contribution in [0.1, 0.15) is 85.0 Å². The third kappa shape index (κ3) is 5.35. The van der Waals surface area contributed by atoms with Crippen molar-refractivity contribution in [2.24, 2.45) is 10.8 Å². The Hall–Kier alpha value is -2.27. The Morgan fingerprint density at radius 3 is 2.40 bits per heavy atom. The van der Waals surface area contributed by atoms with E-state index < -0.39 is 10.0 Å². The summed E-state index contributed by atoms with van der Waals surface area (Å²) in [7, 11) is -0.239. The number of nitrogens with one attached hydrogen (secondary N) is 1. The van der Waals surface area contributed by atoms with Crippen molar-refractivity contribution in [3.05, 3.63) is 45.8 Å². The fourth-order valence-corrected chi connectivity index (χ4v) is 10.2. The number of benzene rings is 1. The molecule has 2 unspecified atom stereocenters. The maximum absolute atomic E-state index is 13.7. The smallest absolute Gasteiger partial charge is 0.256 e. The van der Waals surface area contributed by atoms with E-state index in [0.29, 0.717) is 28.7 Å². The monoisotopic (exact) mass is 586 g/mol. The van der Waals surface area contributed by atoms with Gasteiger partial charge in [-0.15, -0.1) is 11.3 Å². The van der Waals surface area contributed by atoms with Gasteiger partial charge in [0.15, 0.2) is 0 Å². The topological polar surface area (TPSA) is 90.0 Å². The van der Waals surface area contributed by atoms with E-state index in [4.69, 9.17) is 0 Å². The van der Waals surface area contributed by atoms with Gasteiger partial charge in [0.1, 0.15) is 5.00 Å². The van der Waals surface area contributed by atoms with E-state index in [0.717, 1.165) is 49.2 Å². The van der Waals surface area contributed by atoms with Crippen molar-refractivity contribution in [2.75, 3.05) is 32.5 Å². The van der Waals surface area contributed by atoms with Crippen LogP contribution >= 0.6 is 11.3 Å². The zero-order chi connectivity index (χ0) is 29.2. The van der Waals surface area contributed by atoms with Gasteiger partial charge < -0.3 is 10.2 Å². The van der Waals surface area contributed by atoms with Gasteiger partial charge in [0, 0.05) is 56.3 Å². The fraction of sp³-hybridized carbons (Fsp3) is 0.600. The predicted molar refractivity (Wildman–Crippen MR) is 159 cm³/mol. The summed E-state index contributed by atoms with van der Waals surface area (Å²) >= 11 is 1.46. The molecular weight excluding hydrogens is 544 g/mol. The van der Waals surface area contributed by atoms with Crippen LogP contribution in [0.5, 0.6) is 0 Å². The van der Waals surface area contributed by atoms with E-state index >= 15 is 0 Å². The Labute approximate surface area is 242 Å². The molecular formula is C30H42N4O4S2. The number of nitrogens with zero attached hydrogens (tertiary/aromatic N) is 3. The number of carbonyl (C=O) groups excluding carboxylic acids is 2.